The third-order valence-electron chi connectivity index (χ3n) is 2.22. The van der Waals surface area contributed by atoms with Crippen molar-refractivity contribution in [1.29, 1.82) is 0 Å². The third kappa shape index (κ3) is 7.56. The molecule has 2 N–H and O–H groups in total. The number of ether oxygens (including phenoxy) is 1. The molecule has 1 rings (SSSR count). The van der Waals surface area contributed by atoms with Crippen LogP contribution >= 0.6 is 12.2 Å². The van der Waals surface area contributed by atoms with Crippen LogP contribution in [0.25, 0.3) is 0 Å². The second-order valence-electron chi connectivity index (χ2n) is 4.43. The Bertz CT molecular complexity index is 193. The Labute approximate surface area is 98.0 Å². The Morgan fingerprint density at radius 3 is 2.80 bits per heavy atom. The number of hydrogen-bond acceptors (Lipinski definition) is 2. The molecule has 0 radical (unpaired) electrons. The molecule has 4 heteroatoms. The zero-order valence-corrected chi connectivity index (χ0v) is 10.5. The standard InChI is InChI=1S/C11H22N2OS/c1-9(2)13-11(15)12-6-3-7-14-8-10-4-5-10/h9-10H,3-8H2,1-2H3,(H2,12,13,15). The lowest BCUT2D eigenvalue weighted by Crippen LogP contribution is -2.39. The van der Waals surface area contributed by atoms with Crippen molar-refractivity contribution >= 4 is 17.3 Å². The van der Waals surface area contributed by atoms with Crippen LogP contribution in [0.5, 0.6) is 0 Å². The summed E-state index contributed by atoms with van der Waals surface area (Å²) in [5.41, 5.74) is 0. The van der Waals surface area contributed by atoms with Crippen molar-refractivity contribution in [1.82, 2.24) is 10.6 Å². The summed E-state index contributed by atoms with van der Waals surface area (Å²) in [6.45, 7) is 6.84. The van der Waals surface area contributed by atoms with Gasteiger partial charge in [-0.05, 0) is 51.2 Å². The van der Waals surface area contributed by atoms with Crippen LogP contribution in [-0.2, 0) is 4.74 Å². The Hall–Kier alpha value is -0.350. The molecule has 15 heavy (non-hydrogen) atoms. The Balaban J connectivity index is 1.80. The summed E-state index contributed by atoms with van der Waals surface area (Å²) in [5.74, 6) is 0.863. The Kier molecular flexibility index (Phi) is 5.95. The Morgan fingerprint density at radius 2 is 2.20 bits per heavy atom. The molecule has 0 bridgehead atoms. The fraction of sp³-hybridized carbons (Fsp3) is 0.909. The monoisotopic (exact) mass is 230 g/mol. The maximum Gasteiger partial charge on any atom is 0.166 e. The first-order valence-corrected chi connectivity index (χ1v) is 6.21. The summed E-state index contributed by atoms with van der Waals surface area (Å²) in [7, 11) is 0. The van der Waals surface area contributed by atoms with Crippen molar-refractivity contribution in [2.45, 2.75) is 39.2 Å². The SMILES string of the molecule is CC(C)NC(=S)NCCCOCC1CC1. The highest BCUT2D eigenvalue weighted by atomic mass is 32.1. The first kappa shape index (κ1) is 12.7. The van der Waals surface area contributed by atoms with E-state index in [1.54, 1.807) is 0 Å². The smallest absolute Gasteiger partial charge is 0.166 e. The second-order valence-corrected chi connectivity index (χ2v) is 4.84. The largest absolute Gasteiger partial charge is 0.381 e. The van der Waals surface area contributed by atoms with E-state index in [1.165, 1.54) is 12.8 Å². The van der Waals surface area contributed by atoms with Crippen LogP contribution < -0.4 is 10.6 Å². The van der Waals surface area contributed by atoms with E-state index >= 15 is 0 Å². The van der Waals surface area contributed by atoms with Crippen molar-refractivity contribution in [2.75, 3.05) is 19.8 Å². The summed E-state index contributed by atoms with van der Waals surface area (Å²) in [4.78, 5) is 0. The third-order valence-corrected chi connectivity index (χ3v) is 2.48. The average molecular weight is 230 g/mol. The summed E-state index contributed by atoms with van der Waals surface area (Å²) in [6, 6.07) is 0.399. The minimum Gasteiger partial charge on any atom is -0.381 e. The van der Waals surface area contributed by atoms with Gasteiger partial charge in [0.15, 0.2) is 5.11 Å². The molecule has 0 spiro atoms. The molecule has 1 aliphatic rings. The fourth-order valence-corrected chi connectivity index (χ4v) is 1.56. The van der Waals surface area contributed by atoms with Gasteiger partial charge in [-0.15, -0.1) is 0 Å². The number of nitrogens with one attached hydrogen (secondary N) is 2. The van der Waals surface area contributed by atoms with Crippen LogP contribution in [0.3, 0.4) is 0 Å². The molecule has 1 aliphatic carbocycles. The lowest BCUT2D eigenvalue weighted by atomic mass is 10.4. The first-order chi connectivity index (χ1) is 7.18. The molecule has 1 fully saturated rings. The molecule has 0 aliphatic heterocycles. The molecule has 3 nitrogen and oxygen atoms in total. The van der Waals surface area contributed by atoms with Crippen molar-refractivity contribution in [3.8, 4) is 0 Å². The van der Waals surface area contributed by atoms with Gasteiger partial charge in [0.25, 0.3) is 0 Å². The highest BCUT2D eigenvalue weighted by molar-refractivity contribution is 7.80. The van der Waals surface area contributed by atoms with Gasteiger partial charge in [0.1, 0.15) is 0 Å². The van der Waals surface area contributed by atoms with Crippen molar-refractivity contribution in [2.24, 2.45) is 5.92 Å². The van der Waals surface area contributed by atoms with E-state index in [-0.39, 0.29) is 0 Å². The lowest BCUT2D eigenvalue weighted by Gasteiger charge is -2.12. The molecule has 0 saturated heterocycles. The van der Waals surface area contributed by atoms with Gasteiger partial charge >= 0.3 is 0 Å². The van der Waals surface area contributed by atoms with Crippen molar-refractivity contribution < 1.29 is 4.74 Å². The fourth-order valence-electron chi connectivity index (χ4n) is 1.22. The van der Waals surface area contributed by atoms with Gasteiger partial charge < -0.3 is 15.4 Å². The molecule has 0 unspecified atom stereocenters. The molecule has 0 aromatic carbocycles. The maximum atomic E-state index is 5.52. The van der Waals surface area contributed by atoms with E-state index in [2.05, 4.69) is 24.5 Å². The predicted molar refractivity (Wildman–Crippen MR) is 67.0 cm³/mol. The molecule has 0 aromatic heterocycles. The van der Waals surface area contributed by atoms with E-state index in [1.807, 2.05) is 0 Å². The lowest BCUT2D eigenvalue weighted by molar-refractivity contribution is 0.123. The van der Waals surface area contributed by atoms with Gasteiger partial charge in [-0.1, -0.05) is 0 Å². The van der Waals surface area contributed by atoms with Gasteiger partial charge in [0, 0.05) is 25.8 Å². The zero-order chi connectivity index (χ0) is 11.1. The molecular weight excluding hydrogens is 208 g/mol. The normalized spacial score (nSPS) is 15.4. The quantitative estimate of drug-likeness (QED) is 0.515. The minimum absolute atomic E-state index is 0.399. The second kappa shape index (κ2) is 7.01. The summed E-state index contributed by atoms with van der Waals surface area (Å²) in [6.07, 6.45) is 3.74. The predicted octanol–water partition coefficient (Wildman–Crippen LogP) is 1.68. The zero-order valence-electron chi connectivity index (χ0n) is 9.71. The number of thiocarbonyl (C=S) groups is 1. The summed E-state index contributed by atoms with van der Waals surface area (Å²) < 4.78 is 5.52. The number of rotatable bonds is 7. The van der Waals surface area contributed by atoms with Crippen LogP contribution in [0, 0.1) is 5.92 Å². The molecule has 0 heterocycles. The number of hydrogen-bond donors (Lipinski definition) is 2. The van der Waals surface area contributed by atoms with Crippen LogP contribution in [0.2, 0.25) is 0 Å². The maximum absolute atomic E-state index is 5.52. The average Bonchev–Trinajstić information content (AvgIpc) is 2.93. The van der Waals surface area contributed by atoms with Gasteiger partial charge in [-0.2, -0.15) is 0 Å². The minimum atomic E-state index is 0.399. The van der Waals surface area contributed by atoms with Gasteiger partial charge in [0.2, 0.25) is 0 Å². The highest BCUT2D eigenvalue weighted by Gasteiger charge is 2.20. The molecule has 0 atom stereocenters. The highest BCUT2D eigenvalue weighted by Crippen LogP contribution is 2.28. The summed E-state index contributed by atoms with van der Waals surface area (Å²) in [5, 5.41) is 7.04. The van der Waals surface area contributed by atoms with Crippen LogP contribution in [0.1, 0.15) is 33.1 Å². The van der Waals surface area contributed by atoms with Gasteiger partial charge in [0.05, 0.1) is 0 Å². The van der Waals surface area contributed by atoms with Crippen LogP contribution in [0.15, 0.2) is 0 Å². The molecule has 0 aromatic rings. The van der Waals surface area contributed by atoms with E-state index in [9.17, 15) is 0 Å². The molecular formula is C11H22N2OS. The Morgan fingerprint density at radius 1 is 1.47 bits per heavy atom. The molecule has 0 amide bonds. The van der Waals surface area contributed by atoms with Crippen LogP contribution in [-0.4, -0.2) is 30.9 Å². The van der Waals surface area contributed by atoms with E-state index in [0.29, 0.717) is 6.04 Å². The van der Waals surface area contributed by atoms with E-state index in [0.717, 1.165) is 37.2 Å². The molecule has 1 saturated carbocycles. The topological polar surface area (TPSA) is 33.3 Å². The first-order valence-electron chi connectivity index (χ1n) is 5.80. The van der Waals surface area contributed by atoms with Crippen molar-refractivity contribution in [3.05, 3.63) is 0 Å². The molecule has 88 valence electrons. The van der Waals surface area contributed by atoms with Crippen molar-refractivity contribution in [3.63, 3.8) is 0 Å². The van der Waals surface area contributed by atoms with E-state index in [4.69, 9.17) is 17.0 Å². The summed E-state index contributed by atoms with van der Waals surface area (Å²) >= 11 is 5.10. The van der Waals surface area contributed by atoms with Crippen LogP contribution in [0.4, 0.5) is 0 Å². The van der Waals surface area contributed by atoms with Gasteiger partial charge in [-0.3, -0.25) is 0 Å². The van der Waals surface area contributed by atoms with E-state index < -0.39 is 0 Å². The van der Waals surface area contributed by atoms with Gasteiger partial charge in [-0.25, -0.2) is 0 Å².